The van der Waals surface area contributed by atoms with E-state index in [9.17, 15) is 4.39 Å². The lowest BCUT2D eigenvalue weighted by Gasteiger charge is -2.10. The lowest BCUT2D eigenvalue weighted by molar-refractivity contribution is 0.625. The van der Waals surface area contributed by atoms with Gasteiger partial charge in [-0.3, -0.25) is 4.98 Å². The highest BCUT2D eigenvalue weighted by atomic mass is 35.5. The monoisotopic (exact) mass is 352 g/mol. The number of rotatable bonds is 3. The average Bonchev–Trinajstić information content (AvgIpc) is 2.93. The van der Waals surface area contributed by atoms with E-state index in [0.29, 0.717) is 22.1 Å². The first kappa shape index (κ1) is 15.6. The van der Waals surface area contributed by atoms with E-state index >= 15 is 0 Å². The number of imidazole rings is 1. The van der Waals surface area contributed by atoms with Crippen molar-refractivity contribution in [1.82, 2.24) is 14.5 Å². The molecule has 0 saturated heterocycles. The average molecular weight is 353 g/mol. The zero-order valence-corrected chi connectivity index (χ0v) is 14.1. The number of aromatic nitrogens is 3. The molecule has 0 saturated carbocycles. The van der Waals surface area contributed by atoms with Crippen LogP contribution in [-0.2, 0) is 7.05 Å². The van der Waals surface area contributed by atoms with Crippen LogP contribution >= 0.6 is 11.6 Å². The van der Waals surface area contributed by atoms with Gasteiger partial charge in [-0.25, -0.2) is 9.37 Å². The summed E-state index contributed by atoms with van der Waals surface area (Å²) in [5.74, 6) is 0.286. The predicted octanol–water partition coefficient (Wildman–Crippen LogP) is 5.17. The van der Waals surface area contributed by atoms with Gasteiger partial charge in [0.1, 0.15) is 5.82 Å². The minimum atomic E-state index is -0.413. The highest BCUT2D eigenvalue weighted by molar-refractivity contribution is 6.33. The number of nitrogens with zero attached hydrogens (tertiary/aromatic N) is 3. The van der Waals surface area contributed by atoms with Crippen molar-refractivity contribution in [3.05, 3.63) is 71.8 Å². The highest BCUT2D eigenvalue weighted by Crippen LogP contribution is 2.33. The Kier molecular flexibility index (Phi) is 3.86. The van der Waals surface area contributed by atoms with E-state index in [4.69, 9.17) is 11.6 Å². The molecule has 2 aromatic heterocycles. The van der Waals surface area contributed by atoms with E-state index in [1.807, 2.05) is 41.9 Å². The van der Waals surface area contributed by atoms with Crippen molar-refractivity contribution < 1.29 is 4.39 Å². The van der Waals surface area contributed by atoms with E-state index in [1.165, 1.54) is 6.20 Å². The molecule has 4 rings (SSSR count). The first-order valence-corrected chi connectivity index (χ1v) is 8.09. The van der Waals surface area contributed by atoms with Gasteiger partial charge in [0, 0.05) is 35.1 Å². The number of benzene rings is 2. The Labute approximate surface area is 148 Å². The van der Waals surface area contributed by atoms with Crippen LogP contribution in [0, 0.1) is 5.82 Å². The maximum Gasteiger partial charge on any atom is 0.208 e. The van der Waals surface area contributed by atoms with Crippen LogP contribution in [0.3, 0.4) is 0 Å². The van der Waals surface area contributed by atoms with Crippen molar-refractivity contribution in [1.29, 1.82) is 0 Å². The predicted molar refractivity (Wildman–Crippen MR) is 98.6 cm³/mol. The van der Waals surface area contributed by atoms with Crippen LogP contribution in [0.25, 0.3) is 22.2 Å². The number of para-hydroxylation sites is 2. The molecule has 4 aromatic rings. The summed E-state index contributed by atoms with van der Waals surface area (Å²) >= 11 is 6.27. The number of pyridine rings is 1. The number of aryl methyl sites for hydroxylation is 1. The third kappa shape index (κ3) is 2.83. The summed E-state index contributed by atoms with van der Waals surface area (Å²) in [5, 5.41) is 3.75. The fourth-order valence-corrected chi connectivity index (χ4v) is 3.01. The molecule has 0 bridgehead atoms. The molecule has 0 unspecified atom stereocenters. The second-order valence-electron chi connectivity index (χ2n) is 5.66. The first-order chi connectivity index (χ1) is 12.1. The van der Waals surface area contributed by atoms with E-state index in [0.717, 1.165) is 16.7 Å². The topological polar surface area (TPSA) is 42.7 Å². The largest absolute Gasteiger partial charge is 0.326 e. The van der Waals surface area contributed by atoms with Crippen LogP contribution in [0.1, 0.15) is 0 Å². The third-order valence-corrected chi connectivity index (χ3v) is 4.40. The van der Waals surface area contributed by atoms with Crippen LogP contribution in [0.5, 0.6) is 0 Å². The fourth-order valence-electron chi connectivity index (χ4n) is 2.79. The molecule has 0 aliphatic rings. The summed E-state index contributed by atoms with van der Waals surface area (Å²) in [6, 6.07) is 14.9. The molecule has 4 nitrogen and oxygen atoms in total. The van der Waals surface area contributed by atoms with Crippen molar-refractivity contribution in [3.63, 3.8) is 0 Å². The molecule has 2 heterocycles. The minimum absolute atomic E-state index is 0.411. The Balaban J connectivity index is 1.75. The van der Waals surface area contributed by atoms with Crippen molar-refractivity contribution >= 4 is 34.3 Å². The quantitative estimate of drug-likeness (QED) is 0.553. The summed E-state index contributed by atoms with van der Waals surface area (Å²) in [6.45, 7) is 0. The van der Waals surface area contributed by atoms with Crippen LogP contribution in [0.2, 0.25) is 5.02 Å². The van der Waals surface area contributed by atoms with E-state index in [2.05, 4.69) is 15.3 Å². The molecule has 2 aromatic carbocycles. The highest BCUT2D eigenvalue weighted by Gasteiger charge is 2.12. The van der Waals surface area contributed by atoms with E-state index < -0.39 is 5.82 Å². The molecular weight excluding hydrogens is 339 g/mol. The molecule has 0 aliphatic heterocycles. The van der Waals surface area contributed by atoms with Crippen molar-refractivity contribution in [2.75, 3.05) is 5.32 Å². The molecule has 6 heteroatoms. The Morgan fingerprint density at radius 2 is 1.92 bits per heavy atom. The van der Waals surface area contributed by atoms with Gasteiger partial charge in [0.2, 0.25) is 5.95 Å². The zero-order chi connectivity index (χ0) is 17.4. The third-order valence-electron chi connectivity index (χ3n) is 4.07. The number of hydrogen-bond acceptors (Lipinski definition) is 3. The standard InChI is InChI=1S/C19H14ClFN4/c1-25-18-5-3-2-4-17(18)24-19(25)23-12-6-7-15(20)14(10-12)13-8-9-22-11-16(13)21/h2-11H,1H3,(H,23,24). The number of nitrogens with one attached hydrogen (secondary N) is 1. The van der Waals surface area contributed by atoms with E-state index in [1.54, 1.807) is 24.4 Å². The SMILES string of the molecule is Cn1c(Nc2ccc(Cl)c(-c3ccncc3F)c2)nc2ccccc21. The van der Waals surface area contributed by atoms with Crippen molar-refractivity contribution in [2.45, 2.75) is 0 Å². The second kappa shape index (κ2) is 6.18. The first-order valence-electron chi connectivity index (χ1n) is 7.71. The molecule has 0 fully saturated rings. The van der Waals surface area contributed by atoms with Crippen LogP contribution in [0.15, 0.2) is 60.9 Å². The Morgan fingerprint density at radius 1 is 1.08 bits per heavy atom. The minimum Gasteiger partial charge on any atom is -0.326 e. The lowest BCUT2D eigenvalue weighted by Crippen LogP contribution is -1.99. The van der Waals surface area contributed by atoms with Gasteiger partial charge in [-0.05, 0) is 36.4 Å². The molecule has 0 amide bonds. The van der Waals surface area contributed by atoms with Crippen LogP contribution in [-0.4, -0.2) is 14.5 Å². The van der Waals surface area contributed by atoms with Gasteiger partial charge in [-0.15, -0.1) is 0 Å². The summed E-state index contributed by atoms with van der Waals surface area (Å²) in [4.78, 5) is 8.36. The Morgan fingerprint density at radius 3 is 2.72 bits per heavy atom. The van der Waals surface area contributed by atoms with Gasteiger partial charge in [0.25, 0.3) is 0 Å². The maximum atomic E-state index is 14.1. The summed E-state index contributed by atoms with van der Waals surface area (Å²) in [5.41, 5.74) is 3.72. The summed E-state index contributed by atoms with van der Waals surface area (Å²) in [6.07, 6.45) is 2.72. The van der Waals surface area contributed by atoms with Gasteiger partial charge in [-0.1, -0.05) is 23.7 Å². The van der Waals surface area contributed by atoms with Gasteiger partial charge in [-0.2, -0.15) is 0 Å². The molecule has 0 aliphatic carbocycles. The molecule has 0 spiro atoms. The second-order valence-corrected chi connectivity index (χ2v) is 6.07. The van der Waals surface area contributed by atoms with Gasteiger partial charge >= 0.3 is 0 Å². The molecule has 0 atom stereocenters. The fraction of sp³-hybridized carbons (Fsp3) is 0.0526. The normalized spacial score (nSPS) is 11.0. The number of anilines is 2. The smallest absolute Gasteiger partial charge is 0.208 e. The lowest BCUT2D eigenvalue weighted by atomic mass is 10.1. The van der Waals surface area contributed by atoms with E-state index in [-0.39, 0.29) is 0 Å². The number of hydrogen-bond donors (Lipinski definition) is 1. The summed E-state index contributed by atoms with van der Waals surface area (Å²) < 4.78 is 16.0. The van der Waals surface area contributed by atoms with Crippen LogP contribution < -0.4 is 5.32 Å². The Bertz CT molecular complexity index is 1070. The molecular formula is C19H14ClFN4. The van der Waals surface area contributed by atoms with Crippen LogP contribution in [0.4, 0.5) is 16.0 Å². The molecule has 0 radical (unpaired) electrons. The maximum absolute atomic E-state index is 14.1. The number of fused-ring (bicyclic) bond motifs is 1. The summed E-state index contributed by atoms with van der Waals surface area (Å²) in [7, 11) is 1.94. The van der Waals surface area contributed by atoms with Gasteiger partial charge < -0.3 is 9.88 Å². The van der Waals surface area contributed by atoms with Gasteiger partial charge in [0.15, 0.2) is 0 Å². The molecule has 124 valence electrons. The number of halogens is 2. The zero-order valence-electron chi connectivity index (χ0n) is 13.4. The molecule has 25 heavy (non-hydrogen) atoms. The van der Waals surface area contributed by atoms with Crippen molar-refractivity contribution in [3.8, 4) is 11.1 Å². The Hall–Kier alpha value is -2.92. The van der Waals surface area contributed by atoms with Crippen molar-refractivity contribution in [2.24, 2.45) is 7.05 Å². The molecule has 1 N–H and O–H groups in total. The van der Waals surface area contributed by atoms with Gasteiger partial charge in [0.05, 0.1) is 17.2 Å².